The average Bonchev–Trinajstić information content (AvgIpc) is 3.12. The fraction of sp³-hybridized carbons (Fsp3) is 0.500. The molecule has 0 amide bonds. The number of aliphatic imine (C=N–C) groups is 1. The van der Waals surface area contributed by atoms with Crippen molar-refractivity contribution in [3.63, 3.8) is 0 Å². The largest absolute Gasteiger partial charge is 0.468 e. The molecule has 2 heterocycles. The number of hydrogen-bond donors (Lipinski definition) is 2. The van der Waals surface area contributed by atoms with Gasteiger partial charge >= 0.3 is 0 Å². The van der Waals surface area contributed by atoms with E-state index in [2.05, 4.69) is 26.6 Å². The fourth-order valence-electron chi connectivity index (χ4n) is 4.13. The Morgan fingerprint density at radius 3 is 2.48 bits per heavy atom. The predicted octanol–water partition coefficient (Wildman–Crippen LogP) is 4.07. The van der Waals surface area contributed by atoms with Crippen molar-refractivity contribution in [1.29, 1.82) is 0 Å². The third-order valence-corrected chi connectivity index (χ3v) is 6.04. The van der Waals surface area contributed by atoms with E-state index in [1.807, 2.05) is 18.2 Å². The monoisotopic (exact) mass is 512 g/mol. The van der Waals surface area contributed by atoms with Gasteiger partial charge in [0, 0.05) is 25.6 Å². The van der Waals surface area contributed by atoms with Gasteiger partial charge in [0.25, 0.3) is 0 Å². The molecule has 1 aromatic carbocycles. The van der Waals surface area contributed by atoms with Crippen LogP contribution in [0.25, 0.3) is 0 Å². The van der Waals surface area contributed by atoms with Crippen molar-refractivity contribution in [1.82, 2.24) is 15.5 Å². The highest BCUT2D eigenvalue weighted by Crippen LogP contribution is 2.47. The molecular formula is C22H30FIN4O. The zero-order chi connectivity index (χ0) is 19.4. The van der Waals surface area contributed by atoms with Crippen LogP contribution in [-0.2, 0) is 5.41 Å². The van der Waals surface area contributed by atoms with Crippen LogP contribution in [0, 0.1) is 5.82 Å². The van der Waals surface area contributed by atoms with Crippen LogP contribution in [0.2, 0.25) is 0 Å². The second-order valence-corrected chi connectivity index (χ2v) is 7.87. The van der Waals surface area contributed by atoms with Gasteiger partial charge in [-0.2, -0.15) is 0 Å². The molecule has 0 bridgehead atoms. The normalized spacial score (nSPS) is 19.4. The first kappa shape index (κ1) is 22.1. The third-order valence-electron chi connectivity index (χ3n) is 6.04. The molecule has 1 aliphatic carbocycles. The van der Waals surface area contributed by atoms with Gasteiger partial charge in [0.15, 0.2) is 5.96 Å². The lowest BCUT2D eigenvalue weighted by Gasteiger charge is -2.27. The van der Waals surface area contributed by atoms with Gasteiger partial charge < -0.3 is 15.1 Å². The molecule has 1 unspecified atom stereocenters. The number of furan rings is 1. The van der Waals surface area contributed by atoms with Crippen LogP contribution in [0.1, 0.15) is 43.0 Å². The van der Waals surface area contributed by atoms with Crippen LogP contribution in [-0.4, -0.2) is 44.1 Å². The lowest BCUT2D eigenvalue weighted by Crippen LogP contribution is -2.44. The van der Waals surface area contributed by atoms with Crippen LogP contribution < -0.4 is 10.6 Å². The lowest BCUT2D eigenvalue weighted by atomic mass is 9.96. The van der Waals surface area contributed by atoms with Gasteiger partial charge in [-0.15, -0.1) is 24.0 Å². The van der Waals surface area contributed by atoms with E-state index < -0.39 is 0 Å². The maximum Gasteiger partial charge on any atom is 0.191 e. The zero-order valence-electron chi connectivity index (χ0n) is 16.9. The summed E-state index contributed by atoms with van der Waals surface area (Å²) in [5.74, 6) is 1.61. The van der Waals surface area contributed by atoms with E-state index in [-0.39, 0.29) is 41.3 Å². The number of guanidine groups is 1. The number of hydrogen-bond acceptors (Lipinski definition) is 3. The highest BCUT2D eigenvalue weighted by Gasteiger charge is 2.44. The molecule has 4 rings (SSSR count). The molecule has 1 saturated carbocycles. The second kappa shape index (κ2) is 9.93. The molecular weight excluding hydrogens is 482 g/mol. The minimum Gasteiger partial charge on any atom is -0.468 e. The quantitative estimate of drug-likeness (QED) is 0.334. The Morgan fingerprint density at radius 2 is 1.90 bits per heavy atom. The van der Waals surface area contributed by atoms with Gasteiger partial charge in [-0.05, 0) is 68.6 Å². The highest BCUT2D eigenvalue weighted by molar-refractivity contribution is 14.0. The van der Waals surface area contributed by atoms with E-state index in [0.717, 1.165) is 50.7 Å². The highest BCUT2D eigenvalue weighted by atomic mass is 127. The first-order chi connectivity index (χ1) is 13.7. The van der Waals surface area contributed by atoms with E-state index in [1.54, 1.807) is 25.4 Å². The SMILES string of the molecule is CN=C(NCC(c1ccco1)N1CCCC1)NCC1(c2ccc(F)cc2)CC1.I. The number of benzene rings is 1. The Labute approximate surface area is 189 Å². The van der Waals surface area contributed by atoms with Crippen LogP contribution in [0.5, 0.6) is 0 Å². The Balaban J connectivity index is 0.00000240. The van der Waals surface area contributed by atoms with Crippen molar-refractivity contribution < 1.29 is 8.81 Å². The van der Waals surface area contributed by atoms with E-state index in [4.69, 9.17) is 4.42 Å². The van der Waals surface area contributed by atoms with Gasteiger partial charge in [-0.1, -0.05) is 12.1 Å². The first-order valence-corrected chi connectivity index (χ1v) is 10.2. The molecule has 158 valence electrons. The van der Waals surface area contributed by atoms with Gasteiger partial charge in [0.2, 0.25) is 0 Å². The Morgan fingerprint density at radius 1 is 1.17 bits per heavy atom. The molecule has 5 nitrogen and oxygen atoms in total. The molecule has 2 aliphatic rings. The summed E-state index contributed by atoms with van der Waals surface area (Å²) in [6.45, 7) is 3.75. The summed E-state index contributed by atoms with van der Waals surface area (Å²) in [6.07, 6.45) is 6.45. The predicted molar refractivity (Wildman–Crippen MR) is 124 cm³/mol. The summed E-state index contributed by atoms with van der Waals surface area (Å²) in [5, 5.41) is 6.95. The summed E-state index contributed by atoms with van der Waals surface area (Å²) in [7, 11) is 1.80. The molecule has 1 atom stereocenters. The summed E-state index contributed by atoms with van der Waals surface area (Å²) < 4.78 is 18.9. The Hall–Kier alpha value is -1.61. The maximum absolute atomic E-state index is 13.2. The molecule has 2 N–H and O–H groups in total. The van der Waals surface area contributed by atoms with Gasteiger partial charge in [0.05, 0.1) is 12.3 Å². The van der Waals surface area contributed by atoms with Crippen LogP contribution >= 0.6 is 24.0 Å². The molecule has 2 aromatic rings. The van der Waals surface area contributed by atoms with E-state index in [0.29, 0.717) is 0 Å². The zero-order valence-corrected chi connectivity index (χ0v) is 19.2. The fourth-order valence-corrected chi connectivity index (χ4v) is 4.13. The van der Waals surface area contributed by atoms with E-state index >= 15 is 0 Å². The second-order valence-electron chi connectivity index (χ2n) is 7.87. The van der Waals surface area contributed by atoms with Crippen LogP contribution in [0.15, 0.2) is 52.1 Å². The number of nitrogens with zero attached hydrogens (tertiary/aromatic N) is 2. The molecule has 0 spiro atoms. The standard InChI is InChI=1S/C22H29FN4O.HI/c1-24-21(26-16-22(10-11-22)17-6-8-18(23)9-7-17)25-15-19(20-5-4-14-28-20)27-12-2-3-13-27;/h4-9,14,19H,2-3,10-13,15-16H2,1H3,(H2,24,25,26);1H. The van der Waals surface area contributed by atoms with Crippen molar-refractivity contribution in [2.24, 2.45) is 4.99 Å². The lowest BCUT2D eigenvalue weighted by molar-refractivity contribution is 0.215. The Kier molecular flexibility index (Phi) is 7.56. The number of nitrogens with one attached hydrogen (secondary N) is 2. The minimum absolute atomic E-state index is 0. The van der Waals surface area contributed by atoms with Gasteiger partial charge in [0.1, 0.15) is 11.6 Å². The molecule has 1 aliphatic heterocycles. The van der Waals surface area contributed by atoms with Crippen molar-refractivity contribution in [3.8, 4) is 0 Å². The minimum atomic E-state index is -0.184. The first-order valence-electron chi connectivity index (χ1n) is 10.2. The van der Waals surface area contributed by atoms with Crippen LogP contribution in [0.4, 0.5) is 4.39 Å². The molecule has 1 saturated heterocycles. The van der Waals surface area contributed by atoms with Crippen LogP contribution in [0.3, 0.4) is 0 Å². The number of likely N-dealkylation sites (tertiary alicyclic amines) is 1. The van der Waals surface area contributed by atoms with Gasteiger partial charge in [-0.25, -0.2) is 4.39 Å². The third kappa shape index (κ3) is 5.31. The number of halogens is 2. The topological polar surface area (TPSA) is 52.8 Å². The molecule has 29 heavy (non-hydrogen) atoms. The molecule has 7 heteroatoms. The molecule has 0 radical (unpaired) electrons. The van der Waals surface area contributed by atoms with E-state index in [1.165, 1.54) is 18.4 Å². The Bertz CT molecular complexity index is 784. The summed E-state index contributed by atoms with van der Waals surface area (Å²) in [6, 6.07) is 11.1. The molecule has 1 aromatic heterocycles. The van der Waals surface area contributed by atoms with Crippen molar-refractivity contribution in [2.75, 3.05) is 33.2 Å². The van der Waals surface area contributed by atoms with Crippen molar-refractivity contribution in [2.45, 2.75) is 37.1 Å². The maximum atomic E-state index is 13.2. The average molecular weight is 512 g/mol. The number of rotatable bonds is 7. The summed E-state index contributed by atoms with van der Waals surface area (Å²) in [5.41, 5.74) is 1.29. The molecule has 2 fully saturated rings. The van der Waals surface area contributed by atoms with Gasteiger partial charge in [-0.3, -0.25) is 9.89 Å². The van der Waals surface area contributed by atoms with E-state index in [9.17, 15) is 4.39 Å². The summed E-state index contributed by atoms with van der Waals surface area (Å²) in [4.78, 5) is 6.86. The summed E-state index contributed by atoms with van der Waals surface area (Å²) >= 11 is 0. The smallest absolute Gasteiger partial charge is 0.191 e. The van der Waals surface area contributed by atoms with Crippen molar-refractivity contribution in [3.05, 3.63) is 59.8 Å². The van der Waals surface area contributed by atoms with Crippen molar-refractivity contribution >= 4 is 29.9 Å².